The van der Waals surface area contributed by atoms with Crippen LogP contribution in [0, 0.1) is 5.41 Å². The third-order valence-corrected chi connectivity index (χ3v) is 10.2. The van der Waals surface area contributed by atoms with E-state index in [0.717, 1.165) is 11.1 Å². The summed E-state index contributed by atoms with van der Waals surface area (Å²) in [5.41, 5.74) is 0.0301. The van der Waals surface area contributed by atoms with Crippen LogP contribution >= 0.6 is 0 Å². The van der Waals surface area contributed by atoms with Crippen molar-refractivity contribution < 1.29 is 14.3 Å². The molecule has 1 saturated carbocycles. The van der Waals surface area contributed by atoms with Gasteiger partial charge in [-0.2, -0.15) is 0 Å². The van der Waals surface area contributed by atoms with Crippen molar-refractivity contribution in [3.8, 4) is 0 Å². The molecule has 1 fully saturated rings. The van der Waals surface area contributed by atoms with Crippen molar-refractivity contribution in [3.63, 3.8) is 0 Å². The average Bonchev–Trinajstić information content (AvgIpc) is 3.04. The van der Waals surface area contributed by atoms with Crippen LogP contribution in [-0.4, -0.2) is 25.0 Å². The van der Waals surface area contributed by atoms with Crippen LogP contribution in [0.25, 0.3) is 5.57 Å². The van der Waals surface area contributed by atoms with E-state index in [1.807, 2.05) is 30.3 Å². The van der Waals surface area contributed by atoms with Crippen LogP contribution in [0.1, 0.15) is 39.7 Å². The van der Waals surface area contributed by atoms with Gasteiger partial charge in [-0.1, -0.05) is 57.7 Å². The maximum atomic E-state index is 11.9. The molecule has 2 atom stereocenters. The molecule has 0 radical (unpaired) electrons. The van der Waals surface area contributed by atoms with Gasteiger partial charge < -0.3 is 9.53 Å². The van der Waals surface area contributed by atoms with Crippen LogP contribution in [0.2, 0.25) is 18.1 Å². The lowest BCUT2D eigenvalue weighted by atomic mass is 9.93. The zero-order valence-corrected chi connectivity index (χ0v) is 16.1. The summed E-state index contributed by atoms with van der Waals surface area (Å²) in [4.78, 5) is 11.9. The first-order chi connectivity index (χ1) is 10.4. The lowest BCUT2D eigenvalue weighted by molar-refractivity contribution is -0.144. The molecule has 0 amide bonds. The second kappa shape index (κ2) is 5.31. The third kappa shape index (κ3) is 2.79. The molecule has 0 saturated heterocycles. The van der Waals surface area contributed by atoms with Gasteiger partial charge in [-0.15, -0.1) is 0 Å². The standard InChI is InChI=1S/C19H28O3Si/c1-14(15-11-9-8-10-12-15)19(13-18(19,5)16(20)21)22-23(6,7)17(2,3)4/h8-12H,1,13H2,2-7H3,(H,20,21)/t18-,19-/m1/s1. The number of hydrogen-bond acceptors (Lipinski definition) is 2. The van der Waals surface area contributed by atoms with Gasteiger partial charge in [0.1, 0.15) is 5.41 Å². The number of carbonyl (C=O) groups is 1. The molecule has 0 heterocycles. The second-order valence-corrected chi connectivity index (χ2v) is 13.1. The highest BCUT2D eigenvalue weighted by Crippen LogP contribution is 2.66. The van der Waals surface area contributed by atoms with E-state index in [0.29, 0.717) is 6.42 Å². The Kier molecular flexibility index (Phi) is 4.15. The maximum absolute atomic E-state index is 11.9. The van der Waals surface area contributed by atoms with Crippen LogP contribution in [0.3, 0.4) is 0 Å². The van der Waals surface area contributed by atoms with Crippen LogP contribution in [0.15, 0.2) is 36.9 Å². The van der Waals surface area contributed by atoms with E-state index in [9.17, 15) is 9.90 Å². The van der Waals surface area contributed by atoms with Crippen molar-refractivity contribution in [2.75, 3.05) is 0 Å². The molecule has 1 aliphatic carbocycles. The first-order valence-electron chi connectivity index (χ1n) is 8.06. The molecule has 4 heteroatoms. The van der Waals surface area contributed by atoms with Crippen LogP contribution in [0.5, 0.6) is 0 Å². The van der Waals surface area contributed by atoms with E-state index in [-0.39, 0.29) is 5.04 Å². The summed E-state index contributed by atoms with van der Waals surface area (Å²) < 4.78 is 6.65. The van der Waals surface area contributed by atoms with Gasteiger partial charge in [0.05, 0.1) is 5.60 Å². The van der Waals surface area contributed by atoms with Crippen molar-refractivity contribution in [2.24, 2.45) is 5.41 Å². The van der Waals surface area contributed by atoms with Crippen molar-refractivity contribution in [2.45, 2.75) is 57.8 Å². The molecule has 126 valence electrons. The number of hydrogen-bond donors (Lipinski definition) is 1. The molecule has 1 aliphatic rings. The first kappa shape index (κ1) is 18.0. The highest BCUT2D eigenvalue weighted by molar-refractivity contribution is 6.74. The summed E-state index contributed by atoms with van der Waals surface area (Å²) in [5.74, 6) is -0.812. The minimum absolute atomic E-state index is 0.0129. The Morgan fingerprint density at radius 3 is 2.17 bits per heavy atom. The third-order valence-electron chi connectivity index (χ3n) is 5.69. The van der Waals surface area contributed by atoms with Crippen molar-refractivity contribution in [3.05, 3.63) is 42.5 Å². The zero-order valence-electron chi connectivity index (χ0n) is 15.1. The minimum Gasteiger partial charge on any atom is -0.481 e. The normalized spacial score (nSPS) is 27.6. The Labute approximate surface area is 140 Å². The van der Waals surface area contributed by atoms with E-state index >= 15 is 0 Å². The Morgan fingerprint density at radius 1 is 1.26 bits per heavy atom. The Morgan fingerprint density at radius 2 is 1.78 bits per heavy atom. The van der Waals surface area contributed by atoms with Gasteiger partial charge in [0.25, 0.3) is 0 Å². The van der Waals surface area contributed by atoms with Gasteiger partial charge >= 0.3 is 5.97 Å². The fraction of sp³-hybridized carbons (Fsp3) is 0.526. The molecule has 0 aromatic heterocycles. The Hall–Kier alpha value is -1.39. The predicted octanol–water partition coefficient (Wildman–Crippen LogP) is 4.96. The SMILES string of the molecule is C=C(c1ccccc1)[C@]1(O[Si](C)(C)C(C)(C)C)C[C@]1(C)C(=O)O. The second-order valence-electron chi connectivity index (χ2n) is 8.35. The molecule has 0 bridgehead atoms. The molecule has 3 nitrogen and oxygen atoms in total. The lowest BCUT2D eigenvalue weighted by Crippen LogP contribution is -2.47. The maximum Gasteiger partial charge on any atom is 0.312 e. The summed E-state index contributed by atoms with van der Waals surface area (Å²) in [7, 11) is -2.13. The van der Waals surface area contributed by atoms with Gasteiger partial charge in [0, 0.05) is 0 Å². The number of carboxylic acids is 1. The van der Waals surface area contributed by atoms with E-state index in [1.54, 1.807) is 6.92 Å². The van der Waals surface area contributed by atoms with E-state index in [1.165, 1.54) is 0 Å². The highest BCUT2D eigenvalue weighted by Gasteiger charge is 2.73. The smallest absolute Gasteiger partial charge is 0.312 e. The van der Waals surface area contributed by atoms with E-state index < -0.39 is 25.3 Å². The molecule has 0 aliphatic heterocycles. The molecule has 23 heavy (non-hydrogen) atoms. The summed E-state index contributed by atoms with van der Waals surface area (Å²) in [5, 5.41) is 9.75. The van der Waals surface area contributed by atoms with E-state index in [4.69, 9.17) is 4.43 Å². The molecule has 1 N–H and O–H groups in total. The molecule has 0 spiro atoms. The van der Waals surface area contributed by atoms with Crippen molar-refractivity contribution in [1.82, 2.24) is 0 Å². The number of aliphatic carboxylic acids is 1. The topological polar surface area (TPSA) is 46.5 Å². The summed E-state index contributed by atoms with van der Waals surface area (Å²) in [6, 6.07) is 9.78. The van der Waals surface area contributed by atoms with Crippen LogP contribution < -0.4 is 0 Å². The van der Waals surface area contributed by atoms with Gasteiger partial charge in [-0.05, 0) is 42.6 Å². The molecular formula is C19H28O3Si. The molecule has 1 aromatic rings. The summed E-state index contributed by atoms with van der Waals surface area (Å²) in [6.07, 6.45) is 0.482. The Balaban J connectivity index is 2.45. The van der Waals surface area contributed by atoms with Crippen LogP contribution in [-0.2, 0) is 9.22 Å². The zero-order chi connectivity index (χ0) is 17.7. The summed E-state index contributed by atoms with van der Waals surface area (Å²) >= 11 is 0. The highest BCUT2D eigenvalue weighted by atomic mass is 28.4. The summed E-state index contributed by atoms with van der Waals surface area (Å²) in [6.45, 7) is 16.8. The molecular weight excluding hydrogens is 304 g/mol. The lowest BCUT2D eigenvalue weighted by Gasteiger charge is -2.41. The van der Waals surface area contributed by atoms with Crippen LogP contribution in [0.4, 0.5) is 0 Å². The van der Waals surface area contributed by atoms with Crippen molar-refractivity contribution in [1.29, 1.82) is 0 Å². The average molecular weight is 333 g/mol. The molecule has 1 aromatic carbocycles. The fourth-order valence-corrected chi connectivity index (χ4v) is 4.41. The van der Waals surface area contributed by atoms with Gasteiger partial charge in [0.2, 0.25) is 0 Å². The monoisotopic (exact) mass is 332 g/mol. The number of benzene rings is 1. The molecule has 2 rings (SSSR count). The first-order valence-corrected chi connectivity index (χ1v) is 11.0. The molecule has 0 unspecified atom stereocenters. The largest absolute Gasteiger partial charge is 0.481 e. The van der Waals surface area contributed by atoms with Gasteiger partial charge in [0.15, 0.2) is 8.32 Å². The van der Waals surface area contributed by atoms with Gasteiger partial charge in [-0.3, -0.25) is 4.79 Å². The van der Waals surface area contributed by atoms with Crippen molar-refractivity contribution >= 4 is 19.9 Å². The quantitative estimate of drug-likeness (QED) is 0.776. The Bertz CT molecular complexity index is 630. The predicted molar refractivity (Wildman–Crippen MR) is 96.8 cm³/mol. The number of carboxylic acid groups (broad SMARTS) is 1. The number of rotatable bonds is 5. The minimum atomic E-state index is -2.13. The van der Waals surface area contributed by atoms with E-state index in [2.05, 4.69) is 40.4 Å². The fourth-order valence-electron chi connectivity index (χ4n) is 2.81. The van der Waals surface area contributed by atoms with Gasteiger partial charge in [-0.25, -0.2) is 0 Å².